The highest BCUT2D eigenvalue weighted by atomic mass is 32.2. The molecule has 0 aliphatic carbocycles. The normalized spacial score (nSPS) is 14.0. The molecule has 0 aromatic heterocycles. The van der Waals surface area contributed by atoms with Gasteiger partial charge in [0.1, 0.15) is 11.0 Å². The number of carbonyl (C=O) groups is 1. The Kier molecular flexibility index (Phi) is 6.46. The van der Waals surface area contributed by atoms with Crippen molar-refractivity contribution in [2.45, 2.75) is 24.8 Å². The van der Waals surface area contributed by atoms with Gasteiger partial charge in [0.05, 0.1) is 23.6 Å². The standard InChI is InChI=1S/C19H21NO3S/c1-4-17(19(21)23-3)18(15-8-6-5-7-9-15)20-24(22)16-12-10-14(2)11-13-16/h4-13,18,20H,1-3H3/b17-4-/t18-,24-/m0/s1. The van der Waals surface area contributed by atoms with Gasteiger partial charge in [0.2, 0.25) is 0 Å². The SMILES string of the molecule is C/C=C(\C(=O)OC)[C@@H](N[S@@](=O)c1ccc(C)cc1)c1ccccc1. The van der Waals surface area contributed by atoms with Crippen molar-refractivity contribution < 1.29 is 13.7 Å². The minimum atomic E-state index is -1.46. The van der Waals surface area contributed by atoms with E-state index in [1.54, 1.807) is 13.0 Å². The first kappa shape index (κ1) is 18.1. The van der Waals surface area contributed by atoms with E-state index >= 15 is 0 Å². The van der Waals surface area contributed by atoms with Crippen LogP contribution in [-0.4, -0.2) is 17.3 Å². The summed E-state index contributed by atoms with van der Waals surface area (Å²) in [6.45, 7) is 3.74. The Morgan fingerprint density at radius 2 is 1.75 bits per heavy atom. The minimum absolute atomic E-state index is 0.421. The maximum atomic E-state index is 12.7. The lowest BCUT2D eigenvalue weighted by molar-refractivity contribution is -0.136. The van der Waals surface area contributed by atoms with E-state index < -0.39 is 23.0 Å². The van der Waals surface area contributed by atoms with Crippen molar-refractivity contribution in [2.75, 3.05) is 7.11 Å². The third-order valence-corrected chi connectivity index (χ3v) is 4.79. The highest BCUT2D eigenvalue weighted by Gasteiger charge is 2.24. The van der Waals surface area contributed by atoms with Gasteiger partial charge in [-0.3, -0.25) is 0 Å². The lowest BCUT2D eigenvalue weighted by Crippen LogP contribution is -2.28. The monoisotopic (exact) mass is 343 g/mol. The summed E-state index contributed by atoms with van der Waals surface area (Å²) >= 11 is 0. The average Bonchev–Trinajstić information content (AvgIpc) is 2.62. The molecule has 2 aromatic rings. The molecule has 4 nitrogen and oxygen atoms in total. The Bertz CT molecular complexity index is 739. The fraction of sp³-hybridized carbons (Fsp3) is 0.211. The van der Waals surface area contributed by atoms with Crippen LogP contribution in [0.3, 0.4) is 0 Å². The number of methoxy groups -OCH3 is 1. The molecule has 2 aromatic carbocycles. The molecule has 2 rings (SSSR count). The molecule has 126 valence electrons. The average molecular weight is 343 g/mol. The van der Waals surface area contributed by atoms with Crippen LogP contribution in [0.1, 0.15) is 24.1 Å². The second-order valence-electron chi connectivity index (χ2n) is 5.28. The Morgan fingerprint density at radius 1 is 1.12 bits per heavy atom. The number of rotatable bonds is 6. The summed E-state index contributed by atoms with van der Waals surface area (Å²) < 4.78 is 20.6. The topological polar surface area (TPSA) is 55.4 Å². The molecule has 0 bridgehead atoms. The van der Waals surface area contributed by atoms with E-state index in [1.165, 1.54) is 7.11 Å². The smallest absolute Gasteiger partial charge is 0.335 e. The van der Waals surface area contributed by atoms with Crippen LogP contribution in [-0.2, 0) is 20.5 Å². The van der Waals surface area contributed by atoms with E-state index in [9.17, 15) is 9.00 Å². The summed E-state index contributed by atoms with van der Waals surface area (Å²) in [6, 6.07) is 16.3. The first-order chi connectivity index (χ1) is 11.6. The highest BCUT2D eigenvalue weighted by Crippen LogP contribution is 2.24. The summed E-state index contributed by atoms with van der Waals surface area (Å²) in [7, 11) is -0.123. The van der Waals surface area contributed by atoms with Crippen LogP contribution >= 0.6 is 0 Å². The molecule has 0 spiro atoms. The van der Waals surface area contributed by atoms with Gasteiger partial charge < -0.3 is 4.74 Å². The molecule has 0 heterocycles. The van der Waals surface area contributed by atoms with E-state index in [1.807, 2.05) is 61.5 Å². The van der Waals surface area contributed by atoms with Crippen molar-refractivity contribution in [3.8, 4) is 0 Å². The Hall–Kier alpha value is -2.24. The van der Waals surface area contributed by atoms with Crippen LogP contribution in [0.2, 0.25) is 0 Å². The first-order valence-electron chi connectivity index (χ1n) is 7.61. The number of aryl methyl sites for hydroxylation is 1. The molecule has 0 saturated heterocycles. The molecule has 1 N–H and O–H groups in total. The number of allylic oxidation sites excluding steroid dienone is 1. The number of hydrogen-bond acceptors (Lipinski definition) is 3. The summed E-state index contributed by atoms with van der Waals surface area (Å²) in [5.41, 5.74) is 2.36. The predicted molar refractivity (Wildman–Crippen MR) is 95.7 cm³/mol. The van der Waals surface area contributed by atoms with E-state index in [-0.39, 0.29) is 0 Å². The molecule has 5 heteroatoms. The van der Waals surface area contributed by atoms with Gasteiger partial charge in [-0.15, -0.1) is 0 Å². The lowest BCUT2D eigenvalue weighted by Gasteiger charge is -2.20. The van der Waals surface area contributed by atoms with Crippen molar-refractivity contribution >= 4 is 17.0 Å². The molecule has 0 unspecified atom stereocenters. The fourth-order valence-corrected chi connectivity index (χ4v) is 3.31. The molecule has 2 atom stereocenters. The largest absolute Gasteiger partial charge is 0.466 e. The van der Waals surface area contributed by atoms with Crippen LogP contribution in [0, 0.1) is 6.92 Å². The number of benzene rings is 2. The summed E-state index contributed by atoms with van der Waals surface area (Å²) in [5.74, 6) is -0.445. The molecular formula is C19H21NO3S. The molecule has 0 saturated carbocycles. The maximum absolute atomic E-state index is 12.7. The zero-order valence-electron chi connectivity index (χ0n) is 14.0. The van der Waals surface area contributed by atoms with E-state index in [0.717, 1.165) is 11.1 Å². The molecule has 24 heavy (non-hydrogen) atoms. The number of carbonyl (C=O) groups excluding carboxylic acids is 1. The zero-order chi connectivity index (χ0) is 17.5. The number of hydrogen-bond donors (Lipinski definition) is 1. The Balaban J connectivity index is 2.34. The first-order valence-corrected chi connectivity index (χ1v) is 8.76. The lowest BCUT2D eigenvalue weighted by atomic mass is 9.99. The van der Waals surface area contributed by atoms with Gasteiger partial charge in [-0.05, 0) is 31.5 Å². The van der Waals surface area contributed by atoms with Gasteiger partial charge >= 0.3 is 5.97 Å². The molecule has 0 aliphatic heterocycles. The van der Waals surface area contributed by atoms with Gasteiger partial charge in [0, 0.05) is 0 Å². The predicted octanol–water partition coefficient (Wildman–Crippen LogP) is 3.47. The zero-order valence-corrected chi connectivity index (χ0v) is 14.8. The van der Waals surface area contributed by atoms with Crippen molar-refractivity contribution in [1.82, 2.24) is 4.72 Å². The molecular weight excluding hydrogens is 322 g/mol. The maximum Gasteiger partial charge on any atom is 0.335 e. The second kappa shape index (κ2) is 8.57. The van der Waals surface area contributed by atoms with E-state index in [0.29, 0.717) is 10.5 Å². The van der Waals surface area contributed by atoms with Gasteiger partial charge in [-0.1, -0.05) is 54.1 Å². The summed E-state index contributed by atoms with van der Waals surface area (Å²) in [4.78, 5) is 12.7. The second-order valence-corrected chi connectivity index (χ2v) is 6.52. The van der Waals surface area contributed by atoms with Crippen molar-refractivity contribution in [2.24, 2.45) is 0 Å². The van der Waals surface area contributed by atoms with Crippen molar-refractivity contribution in [3.63, 3.8) is 0 Å². The highest BCUT2D eigenvalue weighted by molar-refractivity contribution is 7.83. The van der Waals surface area contributed by atoms with Gasteiger partial charge in [-0.25, -0.2) is 13.7 Å². The van der Waals surface area contributed by atoms with E-state index in [2.05, 4.69) is 4.72 Å². The van der Waals surface area contributed by atoms with Crippen molar-refractivity contribution in [3.05, 3.63) is 77.4 Å². The van der Waals surface area contributed by atoms with Crippen LogP contribution < -0.4 is 4.72 Å². The fourth-order valence-electron chi connectivity index (χ4n) is 2.31. The summed E-state index contributed by atoms with van der Waals surface area (Å²) in [6.07, 6.45) is 1.68. The Labute approximate surface area is 145 Å². The Morgan fingerprint density at radius 3 is 2.29 bits per heavy atom. The minimum Gasteiger partial charge on any atom is -0.466 e. The van der Waals surface area contributed by atoms with Gasteiger partial charge in [0.25, 0.3) is 0 Å². The van der Waals surface area contributed by atoms with Crippen LogP contribution in [0.5, 0.6) is 0 Å². The van der Waals surface area contributed by atoms with E-state index in [4.69, 9.17) is 4.74 Å². The van der Waals surface area contributed by atoms with Crippen LogP contribution in [0.4, 0.5) is 0 Å². The quantitative estimate of drug-likeness (QED) is 0.645. The molecule has 0 aliphatic rings. The van der Waals surface area contributed by atoms with Crippen LogP contribution in [0.25, 0.3) is 0 Å². The van der Waals surface area contributed by atoms with Crippen LogP contribution in [0.15, 0.2) is 71.1 Å². The molecule has 0 amide bonds. The molecule has 0 radical (unpaired) electrons. The number of ether oxygens (including phenoxy) is 1. The number of esters is 1. The number of nitrogens with one attached hydrogen (secondary N) is 1. The van der Waals surface area contributed by atoms with Gasteiger partial charge in [0.15, 0.2) is 0 Å². The summed E-state index contributed by atoms with van der Waals surface area (Å²) in [5, 5.41) is 0. The van der Waals surface area contributed by atoms with Gasteiger partial charge in [-0.2, -0.15) is 0 Å². The third-order valence-electron chi connectivity index (χ3n) is 3.64. The van der Waals surface area contributed by atoms with Crippen molar-refractivity contribution in [1.29, 1.82) is 0 Å². The third kappa shape index (κ3) is 4.40. The molecule has 0 fully saturated rings.